The average molecular weight is 312 g/mol. The maximum absolute atomic E-state index is 12.3. The molecule has 3 aliphatic rings. The van der Waals surface area contributed by atoms with Gasteiger partial charge in [0.15, 0.2) is 0 Å². The van der Waals surface area contributed by atoms with Crippen LogP contribution in [0, 0.1) is 5.92 Å². The summed E-state index contributed by atoms with van der Waals surface area (Å²) in [6.07, 6.45) is 12.1. The van der Waals surface area contributed by atoms with E-state index in [4.69, 9.17) is 0 Å². The number of benzene rings is 1. The van der Waals surface area contributed by atoms with E-state index in [0.717, 1.165) is 24.2 Å². The minimum absolute atomic E-state index is 0.0716. The Kier molecular flexibility index (Phi) is 3.49. The number of anilines is 1. The second kappa shape index (κ2) is 5.51. The van der Waals surface area contributed by atoms with Gasteiger partial charge < -0.3 is 10.6 Å². The van der Waals surface area contributed by atoms with Crippen molar-refractivity contribution in [3.05, 3.63) is 53.6 Å². The number of nitrogens with one attached hydrogen (secondary N) is 2. The van der Waals surface area contributed by atoms with Crippen molar-refractivity contribution >= 4 is 23.4 Å². The quantitative estimate of drug-likeness (QED) is 0.881. The van der Waals surface area contributed by atoms with Crippen LogP contribution in [0.4, 0.5) is 5.69 Å². The van der Waals surface area contributed by atoms with E-state index in [0.29, 0.717) is 23.1 Å². The summed E-state index contributed by atoms with van der Waals surface area (Å²) >= 11 is 1.90. The van der Waals surface area contributed by atoms with Gasteiger partial charge in [-0.1, -0.05) is 30.4 Å². The lowest BCUT2D eigenvalue weighted by Crippen LogP contribution is -2.36. The molecule has 4 unspecified atom stereocenters. The first-order valence-corrected chi connectivity index (χ1v) is 9.14. The number of thioether (sulfide) groups is 1. The first kappa shape index (κ1) is 13.9. The van der Waals surface area contributed by atoms with Crippen LogP contribution in [0.2, 0.25) is 0 Å². The normalized spacial score (nSPS) is 32.1. The second-order valence-corrected chi connectivity index (χ2v) is 7.15. The average Bonchev–Trinajstić information content (AvgIpc) is 2.84. The van der Waals surface area contributed by atoms with Gasteiger partial charge in [-0.05, 0) is 30.4 Å². The molecule has 2 N–H and O–H groups in total. The monoisotopic (exact) mass is 312 g/mol. The maximum atomic E-state index is 12.3. The molecule has 1 aromatic carbocycles. The van der Waals surface area contributed by atoms with Crippen molar-refractivity contribution in [3.8, 4) is 0 Å². The van der Waals surface area contributed by atoms with Gasteiger partial charge in [-0.2, -0.15) is 11.8 Å². The van der Waals surface area contributed by atoms with Gasteiger partial charge in [0.1, 0.15) is 0 Å². The highest BCUT2D eigenvalue weighted by atomic mass is 32.2. The topological polar surface area (TPSA) is 41.1 Å². The molecule has 4 atom stereocenters. The van der Waals surface area contributed by atoms with Gasteiger partial charge in [0.05, 0.1) is 0 Å². The van der Waals surface area contributed by atoms with Crippen LogP contribution < -0.4 is 10.6 Å². The molecule has 1 aliphatic carbocycles. The Hall–Kier alpha value is -1.68. The number of carbonyl (C=O) groups is 1. The Morgan fingerprint density at radius 2 is 2.09 bits per heavy atom. The lowest BCUT2D eigenvalue weighted by molar-refractivity contribution is 0.0956. The van der Waals surface area contributed by atoms with E-state index < -0.39 is 0 Å². The van der Waals surface area contributed by atoms with Crippen LogP contribution in [0.25, 0.3) is 0 Å². The SMILES string of the molecule is CSC1C=CC=CC1C1Nc2cccc3c2C1CCNC3=O. The first-order chi connectivity index (χ1) is 10.8. The Labute approximate surface area is 135 Å². The largest absolute Gasteiger partial charge is 0.381 e. The highest BCUT2D eigenvalue weighted by Crippen LogP contribution is 2.46. The molecule has 0 saturated heterocycles. The van der Waals surface area contributed by atoms with E-state index in [9.17, 15) is 4.79 Å². The third-order valence-corrected chi connectivity index (χ3v) is 6.05. The van der Waals surface area contributed by atoms with Crippen LogP contribution in [-0.4, -0.2) is 30.0 Å². The zero-order valence-corrected chi connectivity index (χ0v) is 13.4. The van der Waals surface area contributed by atoms with Crippen LogP contribution in [0.5, 0.6) is 0 Å². The van der Waals surface area contributed by atoms with Crippen molar-refractivity contribution in [2.75, 3.05) is 18.1 Å². The summed E-state index contributed by atoms with van der Waals surface area (Å²) in [5.74, 6) is 0.932. The van der Waals surface area contributed by atoms with Gasteiger partial charge in [0.25, 0.3) is 5.91 Å². The van der Waals surface area contributed by atoms with Gasteiger partial charge in [0.2, 0.25) is 0 Å². The number of allylic oxidation sites excluding steroid dienone is 2. The molecule has 0 saturated carbocycles. The molecule has 1 amide bonds. The zero-order valence-electron chi connectivity index (χ0n) is 12.6. The minimum Gasteiger partial charge on any atom is -0.381 e. The Morgan fingerprint density at radius 1 is 1.23 bits per heavy atom. The van der Waals surface area contributed by atoms with Gasteiger partial charge in [0, 0.05) is 40.9 Å². The first-order valence-electron chi connectivity index (χ1n) is 7.85. The second-order valence-electron chi connectivity index (χ2n) is 6.14. The van der Waals surface area contributed by atoms with Crippen molar-refractivity contribution < 1.29 is 4.79 Å². The van der Waals surface area contributed by atoms with E-state index in [1.54, 1.807) is 0 Å². The summed E-state index contributed by atoms with van der Waals surface area (Å²) in [7, 11) is 0. The van der Waals surface area contributed by atoms with Crippen LogP contribution in [0.1, 0.15) is 28.3 Å². The Balaban J connectivity index is 1.75. The van der Waals surface area contributed by atoms with E-state index in [1.165, 1.54) is 5.56 Å². The summed E-state index contributed by atoms with van der Waals surface area (Å²) in [5.41, 5.74) is 3.23. The lowest BCUT2D eigenvalue weighted by Gasteiger charge is -2.32. The molecule has 1 aromatic rings. The number of hydrogen-bond donors (Lipinski definition) is 2. The molecule has 0 radical (unpaired) electrons. The number of amides is 1. The highest BCUT2D eigenvalue weighted by molar-refractivity contribution is 7.99. The van der Waals surface area contributed by atoms with Crippen LogP contribution >= 0.6 is 11.8 Å². The van der Waals surface area contributed by atoms with Crippen molar-refractivity contribution in [3.63, 3.8) is 0 Å². The van der Waals surface area contributed by atoms with Gasteiger partial charge in [-0.15, -0.1) is 0 Å². The summed E-state index contributed by atoms with van der Waals surface area (Å²) < 4.78 is 0. The molecule has 4 heteroatoms. The van der Waals surface area contributed by atoms with E-state index in [1.807, 2.05) is 23.9 Å². The highest BCUT2D eigenvalue weighted by Gasteiger charge is 2.41. The lowest BCUT2D eigenvalue weighted by atomic mass is 9.80. The Bertz CT molecular complexity index is 667. The molecule has 0 aromatic heterocycles. The van der Waals surface area contributed by atoms with E-state index in [2.05, 4.69) is 47.3 Å². The third-order valence-electron chi connectivity index (χ3n) is 5.03. The van der Waals surface area contributed by atoms with Crippen molar-refractivity contribution in [1.82, 2.24) is 5.32 Å². The van der Waals surface area contributed by atoms with Gasteiger partial charge in [-0.25, -0.2) is 0 Å². The van der Waals surface area contributed by atoms with Crippen molar-refractivity contribution in [1.29, 1.82) is 0 Å². The summed E-state index contributed by atoms with van der Waals surface area (Å²) in [5, 5.41) is 7.25. The molecular weight excluding hydrogens is 292 g/mol. The fraction of sp³-hybridized carbons (Fsp3) is 0.389. The molecule has 3 nitrogen and oxygen atoms in total. The summed E-state index contributed by atoms with van der Waals surface area (Å²) in [6, 6.07) is 6.41. The predicted molar refractivity (Wildman–Crippen MR) is 92.6 cm³/mol. The summed E-state index contributed by atoms with van der Waals surface area (Å²) in [6.45, 7) is 0.756. The van der Waals surface area contributed by atoms with E-state index in [-0.39, 0.29) is 5.91 Å². The minimum atomic E-state index is 0.0716. The van der Waals surface area contributed by atoms with Gasteiger partial charge >= 0.3 is 0 Å². The molecule has 114 valence electrons. The van der Waals surface area contributed by atoms with Crippen molar-refractivity contribution in [2.45, 2.75) is 23.6 Å². The van der Waals surface area contributed by atoms with Crippen LogP contribution in [0.15, 0.2) is 42.5 Å². The maximum Gasteiger partial charge on any atom is 0.251 e. The number of rotatable bonds is 2. The van der Waals surface area contributed by atoms with E-state index >= 15 is 0 Å². The van der Waals surface area contributed by atoms with Crippen molar-refractivity contribution in [2.24, 2.45) is 5.92 Å². The number of carbonyl (C=O) groups excluding carboxylic acids is 1. The zero-order chi connectivity index (χ0) is 15.1. The molecule has 2 aliphatic heterocycles. The molecule has 0 bridgehead atoms. The predicted octanol–water partition coefficient (Wildman–Crippen LogP) is 3.17. The molecule has 0 fully saturated rings. The Morgan fingerprint density at radius 3 is 2.95 bits per heavy atom. The molecule has 22 heavy (non-hydrogen) atoms. The molecule has 2 heterocycles. The van der Waals surface area contributed by atoms with Crippen LogP contribution in [0.3, 0.4) is 0 Å². The fourth-order valence-electron chi connectivity index (χ4n) is 4.04. The third kappa shape index (κ3) is 2.09. The standard InChI is InChI=1S/C18H20N2OS/c1-22-15-8-3-2-5-11(15)17-12-9-10-19-18(21)13-6-4-7-14(20-17)16(12)13/h2-8,11-12,15,17,20H,9-10H2,1H3,(H,19,21). The molecule has 0 spiro atoms. The molecular formula is C18H20N2OS. The fourth-order valence-corrected chi connectivity index (χ4v) is 4.86. The van der Waals surface area contributed by atoms with Crippen LogP contribution in [-0.2, 0) is 0 Å². The summed E-state index contributed by atoms with van der Waals surface area (Å²) in [4.78, 5) is 12.3. The smallest absolute Gasteiger partial charge is 0.251 e. The van der Waals surface area contributed by atoms with Gasteiger partial charge in [-0.3, -0.25) is 4.79 Å². The number of hydrogen-bond acceptors (Lipinski definition) is 3. The molecule has 4 rings (SSSR count).